The molecule has 4 heteroatoms. The van der Waals surface area contributed by atoms with E-state index < -0.39 is 0 Å². The minimum atomic E-state index is -0.336. The second-order valence-electron chi connectivity index (χ2n) is 3.16. The van der Waals surface area contributed by atoms with Gasteiger partial charge >= 0.3 is 5.97 Å². The van der Waals surface area contributed by atoms with Crippen LogP contribution in [0.1, 0.15) is 6.42 Å². The minimum Gasteiger partial charge on any atom is -0.492 e. The van der Waals surface area contributed by atoms with E-state index in [-0.39, 0.29) is 18.4 Å². The molecule has 1 unspecified atom stereocenters. The summed E-state index contributed by atoms with van der Waals surface area (Å²) in [5.41, 5.74) is 5.67. The van der Waals surface area contributed by atoms with Gasteiger partial charge in [-0.3, -0.25) is 4.79 Å². The van der Waals surface area contributed by atoms with E-state index in [4.69, 9.17) is 10.5 Å². The van der Waals surface area contributed by atoms with Crippen molar-refractivity contribution in [1.82, 2.24) is 0 Å². The fraction of sp³-hybridized carbons (Fsp3) is 0.364. The van der Waals surface area contributed by atoms with Crippen LogP contribution in [0.4, 0.5) is 0 Å². The number of methoxy groups -OCH3 is 1. The summed E-state index contributed by atoms with van der Waals surface area (Å²) in [5.74, 6) is 0.428. The fourth-order valence-corrected chi connectivity index (χ4v) is 1.08. The van der Waals surface area contributed by atoms with E-state index in [0.717, 1.165) is 5.75 Å². The van der Waals surface area contributed by atoms with Crippen LogP contribution in [0.5, 0.6) is 5.75 Å². The summed E-state index contributed by atoms with van der Waals surface area (Å²) < 4.78 is 9.88. The van der Waals surface area contributed by atoms with E-state index in [2.05, 4.69) is 4.74 Å². The number of benzene rings is 1. The Kier molecular flexibility index (Phi) is 4.63. The van der Waals surface area contributed by atoms with Crippen LogP contribution < -0.4 is 10.5 Å². The lowest BCUT2D eigenvalue weighted by atomic mass is 10.2. The summed E-state index contributed by atoms with van der Waals surface area (Å²) in [5, 5.41) is 0. The molecule has 0 heterocycles. The Labute approximate surface area is 89.0 Å². The lowest BCUT2D eigenvalue weighted by Crippen LogP contribution is -2.30. The van der Waals surface area contributed by atoms with Gasteiger partial charge in [-0.25, -0.2) is 0 Å². The lowest BCUT2D eigenvalue weighted by Gasteiger charge is -2.11. The number of carbonyl (C=O) groups excluding carboxylic acids is 1. The molecule has 0 aliphatic heterocycles. The van der Waals surface area contributed by atoms with Crippen molar-refractivity contribution in [3.63, 3.8) is 0 Å². The van der Waals surface area contributed by atoms with Gasteiger partial charge in [0.2, 0.25) is 0 Å². The number of rotatable bonds is 5. The van der Waals surface area contributed by atoms with Gasteiger partial charge in [-0.2, -0.15) is 0 Å². The highest BCUT2D eigenvalue weighted by atomic mass is 16.5. The van der Waals surface area contributed by atoms with Crippen molar-refractivity contribution in [1.29, 1.82) is 0 Å². The van der Waals surface area contributed by atoms with Crippen molar-refractivity contribution in [2.24, 2.45) is 5.73 Å². The predicted octanol–water partition coefficient (Wildman–Crippen LogP) is 0.956. The van der Waals surface area contributed by atoms with E-state index >= 15 is 0 Å². The van der Waals surface area contributed by atoms with Gasteiger partial charge in [0.15, 0.2) is 0 Å². The first kappa shape index (κ1) is 11.5. The van der Waals surface area contributed by atoms with Crippen molar-refractivity contribution in [2.45, 2.75) is 12.5 Å². The van der Waals surface area contributed by atoms with Gasteiger partial charge in [-0.15, -0.1) is 0 Å². The molecule has 15 heavy (non-hydrogen) atoms. The van der Waals surface area contributed by atoms with Crippen LogP contribution in [0.25, 0.3) is 0 Å². The molecular formula is C11H15NO3. The molecule has 0 amide bonds. The maximum Gasteiger partial charge on any atom is 0.307 e. The van der Waals surface area contributed by atoms with Gasteiger partial charge in [0.1, 0.15) is 12.4 Å². The zero-order chi connectivity index (χ0) is 11.1. The molecule has 1 rings (SSSR count). The Bertz CT molecular complexity index is 300. The second kappa shape index (κ2) is 6.03. The molecule has 1 aromatic rings. The lowest BCUT2D eigenvalue weighted by molar-refractivity contribution is -0.141. The van der Waals surface area contributed by atoms with Gasteiger partial charge in [-0.05, 0) is 12.1 Å². The first-order chi connectivity index (χ1) is 7.22. The number of para-hydroxylation sites is 1. The molecule has 1 atom stereocenters. The summed E-state index contributed by atoms with van der Waals surface area (Å²) in [6.45, 7) is 0.305. The van der Waals surface area contributed by atoms with Crippen LogP contribution in [0.3, 0.4) is 0 Å². The molecule has 0 spiro atoms. The Morgan fingerprint density at radius 1 is 1.40 bits per heavy atom. The molecule has 0 aliphatic carbocycles. The van der Waals surface area contributed by atoms with Crippen LogP contribution in [-0.4, -0.2) is 25.7 Å². The van der Waals surface area contributed by atoms with Gasteiger partial charge < -0.3 is 15.2 Å². The highest BCUT2D eigenvalue weighted by Gasteiger charge is 2.09. The van der Waals surface area contributed by atoms with Crippen molar-refractivity contribution in [3.05, 3.63) is 30.3 Å². The maximum atomic E-state index is 10.9. The summed E-state index contributed by atoms with van der Waals surface area (Å²) >= 11 is 0. The van der Waals surface area contributed by atoms with Gasteiger partial charge in [0, 0.05) is 6.04 Å². The third kappa shape index (κ3) is 4.46. The summed E-state index contributed by atoms with van der Waals surface area (Å²) in [6.07, 6.45) is 0.170. The third-order valence-corrected chi connectivity index (χ3v) is 1.86. The third-order valence-electron chi connectivity index (χ3n) is 1.86. The minimum absolute atomic E-state index is 0.170. The molecule has 2 N–H and O–H groups in total. The normalized spacial score (nSPS) is 11.9. The molecule has 0 saturated carbocycles. The average molecular weight is 209 g/mol. The number of hydrogen-bond donors (Lipinski definition) is 1. The van der Waals surface area contributed by atoms with Crippen LogP contribution >= 0.6 is 0 Å². The van der Waals surface area contributed by atoms with E-state index in [0.29, 0.717) is 6.61 Å². The maximum absolute atomic E-state index is 10.9. The van der Waals surface area contributed by atoms with Gasteiger partial charge in [-0.1, -0.05) is 18.2 Å². The summed E-state index contributed by atoms with van der Waals surface area (Å²) in [7, 11) is 1.34. The van der Waals surface area contributed by atoms with Crippen LogP contribution in [0.15, 0.2) is 30.3 Å². The molecule has 0 bridgehead atoms. The van der Waals surface area contributed by atoms with E-state index in [9.17, 15) is 4.79 Å². The number of carbonyl (C=O) groups is 1. The van der Waals surface area contributed by atoms with E-state index in [1.54, 1.807) is 0 Å². The summed E-state index contributed by atoms with van der Waals surface area (Å²) in [6, 6.07) is 9.00. The van der Waals surface area contributed by atoms with E-state index in [1.165, 1.54) is 7.11 Å². The Balaban J connectivity index is 2.28. The molecule has 0 radical (unpaired) electrons. The summed E-state index contributed by atoms with van der Waals surface area (Å²) in [4.78, 5) is 10.9. The number of ether oxygens (including phenoxy) is 2. The van der Waals surface area contributed by atoms with Crippen LogP contribution in [0.2, 0.25) is 0 Å². The van der Waals surface area contributed by atoms with Crippen LogP contribution in [-0.2, 0) is 9.53 Å². The Hall–Kier alpha value is -1.55. The molecule has 0 aromatic heterocycles. The average Bonchev–Trinajstić information content (AvgIpc) is 2.27. The zero-order valence-electron chi connectivity index (χ0n) is 8.68. The highest BCUT2D eigenvalue weighted by molar-refractivity contribution is 5.69. The van der Waals surface area contributed by atoms with E-state index in [1.807, 2.05) is 30.3 Å². The first-order valence-electron chi connectivity index (χ1n) is 4.72. The predicted molar refractivity (Wildman–Crippen MR) is 56.5 cm³/mol. The smallest absolute Gasteiger partial charge is 0.307 e. The highest BCUT2D eigenvalue weighted by Crippen LogP contribution is 2.08. The standard InChI is InChI=1S/C11H15NO3/c1-14-11(13)7-9(12)8-15-10-5-3-2-4-6-10/h2-6,9H,7-8,12H2,1H3. The van der Waals surface area contributed by atoms with Crippen LogP contribution in [0, 0.1) is 0 Å². The Morgan fingerprint density at radius 3 is 2.67 bits per heavy atom. The molecule has 0 fully saturated rings. The monoisotopic (exact) mass is 209 g/mol. The van der Waals surface area contributed by atoms with Gasteiger partial charge in [0.05, 0.1) is 13.5 Å². The van der Waals surface area contributed by atoms with Crippen molar-refractivity contribution in [2.75, 3.05) is 13.7 Å². The Morgan fingerprint density at radius 2 is 2.07 bits per heavy atom. The first-order valence-corrected chi connectivity index (χ1v) is 4.72. The molecular weight excluding hydrogens is 194 g/mol. The second-order valence-corrected chi connectivity index (χ2v) is 3.16. The quantitative estimate of drug-likeness (QED) is 0.733. The van der Waals surface area contributed by atoms with Crippen molar-refractivity contribution in [3.8, 4) is 5.75 Å². The van der Waals surface area contributed by atoms with Crippen molar-refractivity contribution < 1.29 is 14.3 Å². The number of nitrogens with two attached hydrogens (primary N) is 1. The van der Waals surface area contributed by atoms with Crippen molar-refractivity contribution >= 4 is 5.97 Å². The molecule has 1 aromatic carbocycles. The fourth-order valence-electron chi connectivity index (χ4n) is 1.08. The SMILES string of the molecule is COC(=O)CC(N)COc1ccccc1. The van der Waals surface area contributed by atoms with Gasteiger partial charge in [0.25, 0.3) is 0 Å². The topological polar surface area (TPSA) is 61.5 Å². The molecule has 0 saturated heterocycles. The zero-order valence-corrected chi connectivity index (χ0v) is 8.68. The largest absolute Gasteiger partial charge is 0.492 e. The number of hydrogen-bond acceptors (Lipinski definition) is 4. The molecule has 4 nitrogen and oxygen atoms in total. The number of esters is 1. The molecule has 82 valence electrons. The molecule has 0 aliphatic rings.